The van der Waals surface area contributed by atoms with Gasteiger partial charge in [-0.2, -0.15) is 0 Å². The summed E-state index contributed by atoms with van der Waals surface area (Å²) in [6.07, 6.45) is 2.28. The molecule has 118 valence electrons. The van der Waals surface area contributed by atoms with E-state index in [9.17, 15) is 4.79 Å². The number of ketones is 1. The first kappa shape index (κ1) is 17.7. The molecule has 0 aliphatic heterocycles. The lowest BCUT2D eigenvalue weighted by Gasteiger charge is -2.24. The molecule has 0 amide bonds. The van der Waals surface area contributed by atoms with Crippen molar-refractivity contribution in [1.82, 2.24) is 4.90 Å². The van der Waals surface area contributed by atoms with E-state index in [4.69, 9.17) is 0 Å². The smallest absolute Gasteiger partial charge is 0.176 e. The number of hydrogen-bond donors (Lipinski definition) is 0. The van der Waals surface area contributed by atoms with E-state index in [1.54, 1.807) is 0 Å². The number of anilines is 1. The topological polar surface area (TPSA) is 23.6 Å². The van der Waals surface area contributed by atoms with Crippen molar-refractivity contribution in [1.29, 1.82) is 0 Å². The molecule has 1 aromatic rings. The molecule has 3 nitrogen and oxygen atoms in total. The van der Waals surface area contributed by atoms with Crippen LogP contribution in [0.25, 0.3) is 0 Å². The van der Waals surface area contributed by atoms with Gasteiger partial charge in [0.2, 0.25) is 0 Å². The average molecular weight is 290 g/mol. The molecule has 3 heteroatoms. The molecule has 0 aliphatic rings. The monoisotopic (exact) mass is 290 g/mol. The first-order chi connectivity index (χ1) is 10.2. The molecule has 0 fully saturated rings. The summed E-state index contributed by atoms with van der Waals surface area (Å²) in [6.45, 7) is 13.1. The normalized spacial score (nSPS) is 10.9. The fourth-order valence-electron chi connectivity index (χ4n) is 2.51. The molecule has 0 aromatic heterocycles. The fraction of sp³-hybridized carbons (Fsp3) is 0.611. The summed E-state index contributed by atoms with van der Waals surface area (Å²) in [7, 11) is 0. The van der Waals surface area contributed by atoms with Gasteiger partial charge < -0.3 is 4.90 Å². The van der Waals surface area contributed by atoms with E-state index in [1.807, 2.05) is 12.1 Å². The maximum absolute atomic E-state index is 12.3. The molecule has 1 aromatic carbocycles. The minimum atomic E-state index is 0.211. The molecule has 1 rings (SSSR count). The highest BCUT2D eigenvalue weighted by Crippen LogP contribution is 2.16. The Kier molecular flexibility index (Phi) is 8.06. The van der Waals surface area contributed by atoms with Crippen molar-refractivity contribution in [2.75, 3.05) is 37.6 Å². The SMILES string of the molecule is CCCN(CCC)c1ccc(C(=O)CN(CC)CC)cc1. The van der Waals surface area contributed by atoms with Gasteiger partial charge in [-0.3, -0.25) is 9.69 Å². The average Bonchev–Trinajstić information content (AvgIpc) is 2.52. The molecular formula is C18H30N2O. The predicted octanol–water partition coefficient (Wildman–Crippen LogP) is 3.84. The number of carbonyl (C=O) groups is 1. The van der Waals surface area contributed by atoms with Crippen LogP contribution in [0.15, 0.2) is 24.3 Å². The molecule has 21 heavy (non-hydrogen) atoms. The third kappa shape index (κ3) is 5.50. The van der Waals surface area contributed by atoms with Crippen molar-refractivity contribution in [2.45, 2.75) is 40.5 Å². The minimum absolute atomic E-state index is 0.211. The number of carbonyl (C=O) groups excluding carboxylic acids is 1. The summed E-state index contributed by atoms with van der Waals surface area (Å²) in [5, 5.41) is 0. The lowest BCUT2D eigenvalue weighted by atomic mass is 10.1. The van der Waals surface area contributed by atoms with Gasteiger partial charge in [-0.25, -0.2) is 0 Å². The zero-order valence-corrected chi connectivity index (χ0v) is 14.1. The third-order valence-electron chi connectivity index (χ3n) is 3.80. The first-order valence-corrected chi connectivity index (χ1v) is 8.26. The largest absolute Gasteiger partial charge is 0.372 e. The molecule has 0 spiro atoms. The van der Waals surface area contributed by atoms with Crippen LogP contribution < -0.4 is 4.90 Å². The standard InChI is InChI=1S/C18H30N2O/c1-5-13-20(14-6-2)17-11-9-16(10-12-17)18(21)15-19(7-3)8-4/h9-12H,5-8,13-15H2,1-4H3. The van der Waals surface area contributed by atoms with Gasteiger partial charge in [0.1, 0.15) is 0 Å². The Labute approximate surface area is 129 Å². The molecule has 0 saturated heterocycles. The molecular weight excluding hydrogens is 260 g/mol. The van der Waals surface area contributed by atoms with Crippen molar-refractivity contribution < 1.29 is 4.79 Å². The summed E-state index contributed by atoms with van der Waals surface area (Å²) in [5.74, 6) is 0.211. The zero-order valence-electron chi connectivity index (χ0n) is 14.1. The Hall–Kier alpha value is -1.35. The number of rotatable bonds is 10. The maximum Gasteiger partial charge on any atom is 0.176 e. The quantitative estimate of drug-likeness (QED) is 0.612. The molecule has 0 N–H and O–H groups in total. The summed E-state index contributed by atoms with van der Waals surface area (Å²) >= 11 is 0. The highest BCUT2D eigenvalue weighted by Gasteiger charge is 2.11. The second-order valence-corrected chi connectivity index (χ2v) is 5.42. The second-order valence-electron chi connectivity index (χ2n) is 5.42. The molecule has 0 saturated carbocycles. The molecule has 0 unspecified atom stereocenters. The number of likely N-dealkylation sites (N-methyl/N-ethyl adjacent to an activating group) is 1. The van der Waals surface area contributed by atoms with Gasteiger partial charge in [0.15, 0.2) is 5.78 Å². The number of nitrogens with zero attached hydrogens (tertiary/aromatic N) is 2. The zero-order chi connectivity index (χ0) is 15.7. The minimum Gasteiger partial charge on any atom is -0.372 e. The molecule has 0 atom stereocenters. The van der Waals surface area contributed by atoms with Crippen molar-refractivity contribution in [3.05, 3.63) is 29.8 Å². The van der Waals surface area contributed by atoms with Gasteiger partial charge in [0, 0.05) is 24.3 Å². The molecule has 0 heterocycles. The van der Waals surface area contributed by atoms with Crippen molar-refractivity contribution in [3.8, 4) is 0 Å². The van der Waals surface area contributed by atoms with Crippen LogP contribution in [0.5, 0.6) is 0 Å². The summed E-state index contributed by atoms with van der Waals surface area (Å²) in [6, 6.07) is 8.11. The van der Waals surface area contributed by atoms with Crippen molar-refractivity contribution in [3.63, 3.8) is 0 Å². The van der Waals surface area contributed by atoms with Crippen LogP contribution in [-0.4, -0.2) is 43.4 Å². The summed E-state index contributed by atoms with van der Waals surface area (Å²) in [5.41, 5.74) is 2.04. The van der Waals surface area contributed by atoms with Crippen LogP contribution in [0.2, 0.25) is 0 Å². The van der Waals surface area contributed by atoms with Gasteiger partial charge >= 0.3 is 0 Å². The van der Waals surface area contributed by atoms with E-state index in [-0.39, 0.29) is 5.78 Å². The lowest BCUT2D eigenvalue weighted by Crippen LogP contribution is -2.29. The Morgan fingerprint density at radius 1 is 0.905 bits per heavy atom. The van der Waals surface area contributed by atoms with Gasteiger partial charge in [-0.1, -0.05) is 27.7 Å². The van der Waals surface area contributed by atoms with Crippen LogP contribution in [0.1, 0.15) is 50.9 Å². The van der Waals surface area contributed by atoms with E-state index in [0.29, 0.717) is 6.54 Å². The van der Waals surface area contributed by atoms with Crippen molar-refractivity contribution >= 4 is 11.5 Å². The highest BCUT2D eigenvalue weighted by molar-refractivity contribution is 5.97. The van der Waals surface area contributed by atoms with Gasteiger partial charge in [0.05, 0.1) is 6.54 Å². The Morgan fingerprint density at radius 3 is 1.86 bits per heavy atom. The summed E-state index contributed by atoms with van der Waals surface area (Å²) in [4.78, 5) is 16.8. The lowest BCUT2D eigenvalue weighted by molar-refractivity contribution is 0.0937. The Morgan fingerprint density at radius 2 is 1.43 bits per heavy atom. The van der Waals surface area contributed by atoms with Crippen LogP contribution in [-0.2, 0) is 0 Å². The Bertz CT molecular complexity index is 404. The van der Waals surface area contributed by atoms with Gasteiger partial charge in [-0.05, 0) is 50.2 Å². The predicted molar refractivity (Wildman–Crippen MR) is 91.4 cm³/mol. The molecule has 0 bridgehead atoms. The van der Waals surface area contributed by atoms with E-state index < -0.39 is 0 Å². The van der Waals surface area contributed by atoms with E-state index >= 15 is 0 Å². The van der Waals surface area contributed by atoms with Crippen LogP contribution >= 0.6 is 0 Å². The van der Waals surface area contributed by atoms with Crippen molar-refractivity contribution in [2.24, 2.45) is 0 Å². The maximum atomic E-state index is 12.3. The second kappa shape index (κ2) is 9.56. The van der Waals surface area contributed by atoms with Crippen LogP contribution in [0.3, 0.4) is 0 Å². The molecule has 0 aliphatic carbocycles. The molecule has 0 radical (unpaired) electrons. The van der Waals surface area contributed by atoms with E-state index in [2.05, 4.69) is 49.6 Å². The summed E-state index contributed by atoms with van der Waals surface area (Å²) < 4.78 is 0. The fourth-order valence-corrected chi connectivity index (χ4v) is 2.51. The number of benzene rings is 1. The van der Waals surface area contributed by atoms with E-state index in [0.717, 1.165) is 44.6 Å². The first-order valence-electron chi connectivity index (χ1n) is 8.26. The van der Waals surface area contributed by atoms with Crippen LogP contribution in [0, 0.1) is 0 Å². The third-order valence-corrected chi connectivity index (χ3v) is 3.80. The number of hydrogen-bond acceptors (Lipinski definition) is 3. The van der Waals surface area contributed by atoms with E-state index in [1.165, 1.54) is 5.69 Å². The number of Topliss-reactive ketones (excluding diaryl/α,β-unsaturated/α-hetero) is 1. The Balaban J connectivity index is 2.74. The van der Waals surface area contributed by atoms with Crippen LogP contribution in [0.4, 0.5) is 5.69 Å². The van der Waals surface area contributed by atoms with Gasteiger partial charge in [-0.15, -0.1) is 0 Å². The van der Waals surface area contributed by atoms with Gasteiger partial charge in [0.25, 0.3) is 0 Å². The highest BCUT2D eigenvalue weighted by atomic mass is 16.1.